The fraction of sp³-hybridized carbons (Fsp3) is 0.423. The van der Waals surface area contributed by atoms with Crippen LogP contribution in [0.2, 0.25) is 0 Å². The Labute approximate surface area is 189 Å². The van der Waals surface area contributed by atoms with Crippen LogP contribution in [-0.4, -0.2) is 41.3 Å². The molecule has 1 heterocycles. The standard InChI is InChI=1S/C26H32N2O4/c1-3-19(2)24(27-23(29)17-20-11-6-4-7-12-20)25(30)28-16-10-15-22(28)26(31)32-18-21-13-8-5-9-14-21/h4-9,11-14,19,22,24H,3,10,15-18H2,1-2H3,(H,27,29)/t19?,22-,24-/m0/s1. The van der Waals surface area contributed by atoms with E-state index in [0.717, 1.165) is 24.0 Å². The van der Waals surface area contributed by atoms with Crippen molar-refractivity contribution in [1.82, 2.24) is 10.2 Å². The second kappa shape index (κ2) is 11.5. The quantitative estimate of drug-likeness (QED) is 0.611. The van der Waals surface area contributed by atoms with Crippen LogP contribution in [0.4, 0.5) is 0 Å². The highest BCUT2D eigenvalue weighted by molar-refractivity contribution is 5.91. The summed E-state index contributed by atoms with van der Waals surface area (Å²) in [6, 6.07) is 17.7. The van der Waals surface area contributed by atoms with E-state index in [-0.39, 0.29) is 30.8 Å². The number of likely N-dealkylation sites (tertiary alicyclic amines) is 1. The first-order valence-corrected chi connectivity index (χ1v) is 11.3. The van der Waals surface area contributed by atoms with E-state index >= 15 is 0 Å². The predicted octanol–water partition coefficient (Wildman–Crippen LogP) is 3.49. The number of ether oxygens (including phenoxy) is 1. The molecule has 2 aromatic rings. The first kappa shape index (κ1) is 23.5. The minimum absolute atomic E-state index is 0.0520. The molecule has 32 heavy (non-hydrogen) atoms. The molecule has 3 atom stereocenters. The molecule has 2 amide bonds. The third-order valence-corrected chi connectivity index (χ3v) is 6.03. The molecule has 0 aliphatic carbocycles. The number of benzene rings is 2. The highest BCUT2D eigenvalue weighted by Crippen LogP contribution is 2.23. The molecule has 1 aliphatic rings. The summed E-state index contributed by atoms with van der Waals surface area (Å²) >= 11 is 0. The number of hydrogen-bond acceptors (Lipinski definition) is 4. The van der Waals surface area contributed by atoms with Gasteiger partial charge in [0.2, 0.25) is 11.8 Å². The molecule has 0 spiro atoms. The molecule has 0 aromatic heterocycles. The molecule has 0 radical (unpaired) electrons. The van der Waals surface area contributed by atoms with Gasteiger partial charge in [-0.25, -0.2) is 4.79 Å². The van der Waals surface area contributed by atoms with E-state index in [9.17, 15) is 14.4 Å². The van der Waals surface area contributed by atoms with Crippen LogP contribution in [0.1, 0.15) is 44.2 Å². The number of nitrogens with zero attached hydrogens (tertiary/aromatic N) is 1. The van der Waals surface area contributed by atoms with Crippen molar-refractivity contribution in [3.8, 4) is 0 Å². The zero-order chi connectivity index (χ0) is 22.9. The molecular formula is C26H32N2O4. The van der Waals surface area contributed by atoms with Crippen molar-refractivity contribution >= 4 is 17.8 Å². The summed E-state index contributed by atoms with van der Waals surface area (Å²) < 4.78 is 5.50. The lowest BCUT2D eigenvalue weighted by molar-refractivity contribution is -0.155. The fourth-order valence-corrected chi connectivity index (χ4v) is 3.97. The maximum absolute atomic E-state index is 13.4. The fourth-order valence-electron chi connectivity index (χ4n) is 3.97. The Bertz CT molecular complexity index is 901. The molecule has 1 N–H and O–H groups in total. The van der Waals surface area contributed by atoms with Crippen LogP contribution in [0.3, 0.4) is 0 Å². The lowest BCUT2D eigenvalue weighted by Gasteiger charge is -2.31. The zero-order valence-electron chi connectivity index (χ0n) is 18.8. The summed E-state index contributed by atoms with van der Waals surface area (Å²) in [6.07, 6.45) is 2.26. The van der Waals surface area contributed by atoms with Gasteiger partial charge in [-0.05, 0) is 29.9 Å². The lowest BCUT2D eigenvalue weighted by atomic mass is 9.97. The molecule has 0 saturated carbocycles. The largest absolute Gasteiger partial charge is 0.459 e. The molecule has 6 nitrogen and oxygen atoms in total. The minimum atomic E-state index is -0.668. The third-order valence-electron chi connectivity index (χ3n) is 6.03. The van der Waals surface area contributed by atoms with Crippen LogP contribution < -0.4 is 5.32 Å². The Morgan fingerprint density at radius 1 is 1.03 bits per heavy atom. The van der Waals surface area contributed by atoms with E-state index in [1.165, 1.54) is 0 Å². The molecule has 2 aromatic carbocycles. The van der Waals surface area contributed by atoms with E-state index in [1.807, 2.05) is 74.5 Å². The second-order valence-electron chi connectivity index (χ2n) is 8.38. The molecule has 1 fully saturated rings. The van der Waals surface area contributed by atoms with Crippen LogP contribution in [-0.2, 0) is 32.1 Å². The summed E-state index contributed by atoms with van der Waals surface area (Å²) in [7, 11) is 0. The van der Waals surface area contributed by atoms with Gasteiger partial charge in [-0.3, -0.25) is 9.59 Å². The first-order valence-electron chi connectivity index (χ1n) is 11.3. The Morgan fingerprint density at radius 3 is 2.28 bits per heavy atom. The Kier molecular flexibility index (Phi) is 8.42. The average molecular weight is 437 g/mol. The number of carbonyl (C=O) groups is 3. The van der Waals surface area contributed by atoms with E-state index in [4.69, 9.17) is 4.74 Å². The van der Waals surface area contributed by atoms with E-state index in [2.05, 4.69) is 5.32 Å². The minimum Gasteiger partial charge on any atom is -0.459 e. The van der Waals surface area contributed by atoms with Gasteiger partial charge in [0.25, 0.3) is 0 Å². The van der Waals surface area contributed by atoms with Crippen molar-refractivity contribution in [3.63, 3.8) is 0 Å². The molecule has 6 heteroatoms. The normalized spacial score (nSPS) is 17.4. The molecular weight excluding hydrogens is 404 g/mol. The van der Waals surface area contributed by atoms with Crippen LogP contribution in [0.5, 0.6) is 0 Å². The zero-order valence-corrected chi connectivity index (χ0v) is 18.8. The second-order valence-corrected chi connectivity index (χ2v) is 8.38. The number of rotatable bonds is 9. The van der Waals surface area contributed by atoms with Gasteiger partial charge >= 0.3 is 5.97 Å². The maximum atomic E-state index is 13.4. The van der Waals surface area contributed by atoms with Crippen molar-refractivity contribution in [1.29, 1.82) is 0 Å². The first-order chi connectivity index (χ1) is 15.5. The molecule has 1 saturated heterocycles. The predicted molar refractivity (Wildman–Crippen MR) is 123 cm³/mol. The van der Waals surface area contributed by atoms with Crippen LogP contribution in [0, 0.1) is 5.92 Å². The maximum Gasteiger partial charge on any atom is 0.329 e. The van der Waals surface area contributed by atoms with E-state index < -0.39 is 18.1 Å². The van der Waals surface area contributed by atoms with Crippen LogP contribution in [0.15, 0.2) is 60.7 Å². The topological polar surface area (TPSA) is 75.7 Å². The van der Waals surface area contributed by atoms with Gasteiger partial charge in [0.1, 0.15) is 18.7 Å². The number of esters is 1. The SMILES string of the molecule is CCC(C)[C@H](NC(=O)Cc1ccccc1)C(=O)N1CCC[C@H]1C(=O)OCc1ccccc1. The van der Waals surface area contributed by atoms with Crippen molar-refractivity contribution in [2.24, 2.45) is 5.92 Å². The molecule has 1 aliphatic heterocycles. The van der Waals surface area contributed by atoms with E-state index in [1.54, 1.807) is 4.90 Å². The molecule has 1 unspecified atom stereocenters. The van der Waals surface area contributed by atoms with Crippen molar-refractivity contribution in [2.75, 3.05) is 6.54 Å². The molecule has 0 bridgehead atoms. The van der Waals surface area contributed by atoms with Gasteiger partial charge in [0.05, 0.1) is 6.42 Å². The van der Waals surface area contributed by atoms with Crippen molar-refractivity contribution < 1.29 is 19.1 Å². The monoisotopic (exact) mass is 436 g/mol. The van der Waals surface area contributed by atoms with E-state index in [0.29, 0.717) is 13.0 Å². The summed E-state index contributed by atoms with van der Waals surface area (Å²) in [5.74, 6) is -0.848. The van der Waals surface area contributed by atoms with Crippen molar-refractivity contribution in [2.45, 2.75) is 58.2 Å². The Hall–Kier alpha value is -3.15. The third kappa shape index (κ3) is 6.19. The summed E-state index contributed by atoms with van der Waals surface area (Å²) in [5.41, 5.74) is 1.80. The Morgan fingerprint density at radius 2 is 1.66 bits per heavy atom. The number of hydrogen-bond donors (Lipinski definition) is 1. The van der Waals surface area contributed by atoms with Gasteiger partial charge in [-0.1, -0.05) is 80.9 Å². The van der Waals surface area contributed by atoms with Gasteiger partial charge in [0.15, 0.2) is 0 Å². The molecule has 170 valence electrons. The van der Waals surface area contributed by atoms with Gasteiger partial charge in [0, 0.05) is 6.54 Å². The summed E-state index contributed by atoms with van der Waals surface area (Å²) in [5, 5.41) is 2.93. The number of carbonyl (C=O) groups excluding carboxylic acids is 3. The lowest BCUT2D eigenvalue weighted by Crippen LogP contribution is -2.54. The number of nitrogens with one attached hydrogen (secondary N) is 1. The highest BCUT2D eigenvalue weighted by atomic mass is 16.5. The van der Waals surface area contributed by atoms with Crippen molar-refractivity contribution in [3.05, 3.63) is 71.8 Å². The van der Waals surface area contributed by atoms with Gasteiger partial charge in [-0.15, -0.1) is 0 Å². The summed E-state index contributed by atoms with van der Waals surface area (Å²) in [4.78, 5) is 40.4. The highest BCUT2D eigenvalue weighted by Gasteiger charge is 2.39. The molecule has 3 rings (SSSR count). The van der Waals surface area contributed by atoms with Gasteiger partial charge < -0.3 is 15.0 Å². The van der Waals surface area contributed by atoms with Crippen LogP contribution in [0.25, 0.3) is 0 Å². The smallest absolute Gasteiger partial charge is 0.329 e. The summed E-state index contributed by atoms with van der Waals surface area (Å²) in [6.45, 7) is 4.61. The van der Waals surface area contributed by atoms with Crippen LogP contribution >= 0.6 is 0 Å². The number of amides is 2. The Balaban J connectivity index is 1.64. The average Bonchev–Trinajstić information content (AvgIpc) is 3.31. The van der Waals surface area contributed by atoms with Gasteiger partial charge in [-0.2, -0.15) is 0 Å².